The van der Waals surface area contributed by atoms with Crippen LogP contribution >= 0.6 is 0 Å². The molecular weight excluding hydrogens is 356 g/mol. The number of nitrogens with one attached hydrogen (secondary N) is 1. The number of hydrogen-bond donors (Lipinski definition) is 1. The van der Waals surface area contributed by atoms with Crippen molar-refractivity contribution in [2.45, 2.75) is 31.7 Å². The summed E-state index contributed by atoms with van der Waals surface area (Å²) in [5.41, 5.74) is 4.63. The topological polar surface area (TPSA) is 42.2 Å². The number of aromatic nitrogens is 3. The molecule has 3 aromatic heterocycles. The average molecular weight is 378 g/mol. The van der Waals surface area contributed by atoms with Gasteiger partial charge in [0.05, 0.1) is 0 Å². The highest BCUT2D eigenvalue weighted by molar-refractivity contribution is 5.76. The molecule has 4 nitrogen and oxygen atoms in total. The zero-order valence-corrected chi connectivity index (χ0v) is 16.2. The van der Waals surface area contributed by atoms with Crippen molar-refractivity contribution >= 4 is 11.5 Å². The van der Waals surface area contributed by atoms with Crippen molar-refractivity contribution in [3.05, 3.63) is 84.3 Å². The van der Waals surface area contributed by atoms with Crippen molar-refractivity contribution in [2.75, 3.05) is 5.32 Å². The predicted octanol–water partition coefficient (Wildman–Crippen LogP) is 5.15. The van der Waals surface area contributed by atoms with Gasteiger partial charge in [-0.05, 0) is 55.2 Å². The normalized spacial score (nSPS) is 13.9. The second kappa shape index (κ2) is 7.81. The van der Waals surface area contributed by atoms with Crippen molar-refractivity contribution in [3.8, 4) is 23.1 Å². The van der Waals surface area contributed by atoms with E-state index < -0.39 is 0 Å². The van der Waals surface area contributed by atoms with Gasteiger partial charge in [-0.1, -0.05) is 43.0 Å². The molecule has 0 aliphatic heterocycles. The number of pyridine rings is 2. The van der Waals surface area contributed by atoms with Crippen molar-refractivity contribution in [1.82, 2.24) is 14.4 Å². The molecule has 1 aliphatic rings. The maximum absolute atomic E-state index is 4.87. The van der Waals surface area contributed by atoms with Gasteiger partial charge >= 0.3 is 0 Å². The lowest BCUT2D eigenvalue weighted by Crippen LogP contribution is -2.16. The molecular formula is C25H22N4. The summed E-state index contributed by atoms with van der Waals surface area (Å²) in [6.07, 6.45) is 8.95. The fourth-order valence-electron chi connectivity index (χ4n) is 3.86. The van der Waals surface area contributed by atoms with Crippen LogP contribution in [0.1, 0.15) is 36.9 Å². The fourth-order valence-corrected chi connectivity index (χ4v) is 3.86. The molecule has 1 N–H and O–H groups in total. The minimum Gasteiger partial charge on any atom is -0.367 e. The van der Waals surface area contributed by atoms with Crippen LogP contribution in [0.2, 0.25) is 0 Å². The van der Waals surface area contributed by atoms with Gasteiger partial charge in [-0.15, -0.1) is 0 Å². The van der Waals surface area contributed by atoms with E-state index in [9.17, 15) is 0 Å². The summed E-state index contributed by atoms with van der Waals surface area (Å²) in [6, 6.07) is 20.6. The lowest BCUT2D eigenvalue weighted by Gasteiger charge is -2.14. The van der Waals surface area contributed by atoms with E-state index in [1.807, 2.05) is 60.8 Å². The molecule has 1 aliphatic carbocycles. The molecule has 4 aromatic rings. The summed E-state index contributed by atoms with van der Waals surface area (Å²) >= 11 is 0. The first kappa shape index (κ1) is 17.5. The van der Waals surface area contributed by atoms with E-state index in [4.69, 9.17) is 4.98 Å². The number of rotatable bonds is 3. The van der Waals surface area contributed by atoms with Crippen LogP contribution in [0, 0.1) is 11.8 Å². The molecule has 0 radical (unpaired) electrons. The summed E-state index contributed by atoms with van der Waals surface area (Å²) < 4.78 is 2.14. The van der Waals surface area contributed by atoms with Crippen LogP contribution in [-0.4, -0.2) is 20.4 Å². The number of nitrogens with zero attached hydrogens (tertiary/aromatic N) is 3. The Hall–Kier alpha value is -3.58. The van der Waals surface area contributed by atoms with Gasteiger partial charge in [0.1, 0.15) is 22.9 Å². The summed E-state index contributed by atoms with van der Waals surface area (Å²) in [4.78, 5) is 9.44. The standard InChI is InChI=1S/C25H22N4/c1-2-8-19(9-3-1)13-15-21-16-14-20(18-26-21)24-25(27-22-10-4-5-11-22)29-17-7-6-12-23(29)28-24/h1-3,6-9,12,14,16-18,22,27H,4-5,10-11H2. The first-order chi connectivity index (χ1) is 14.4. The van der Waals surface area contributed by atoms with Crippen molar-refractivity contribution in [2.24, 2.45) is 0 Å². The van der Waals surface area contributed by atoms with Gasteiger partial charge in [-0.25, -0.2) is 9.97 Å². The van der Waals surface area contributed by atoms with Gasteiger partial charge in [0.2, 0.25) is 0 Å². The molecule has 1 fully saturated rings. The molecule has 5 rings (SSSR count). The SMILES string of the molecule is C(#Cc1ccc(-c2nc3ccccn3c2NC2CCCC2)cn1)c1ccccc1. The Morgan fingerprint density at radius 1 is 0.897 bits per heavy atom. The van der Waals surface area contributed by atoms with E-state index in [2.05, 4.69) is 38.8 Å². The molecule has 1 saturated carbocycles. The van der Waals surface area contributed by atoms with Crippen LogP contribution in [0.5, 0.6) is 0 Å². The molecule has 0 bridgehead atoms. The van der Waals surface area contributed by atoms with E-state index in [0.29, 0.717) is 6.04 Å². The molecule has 0 spiro atoms. The lowest BCUT2D eigenvalue weighted by molar-refractivity contribution is 0.749. The quantitative estimate of drug-likeness (QED) is 0.501. The van der Waals surface area contributed by atoms with Crippen LogP contribution in [0.4, 0.5) is 5.82 Å². The minimum atomic E-state index is 0.512. The highest BCUT2D eigenvalue weighted by Gasteiger charge is 2.20. The number of benzene rings is 1. The van der Waals surface area contributed by atoms with Gasteiger partial charge in [0.25, 0.3) is 0 Å². The maximum Gasteiger partial charge on any atom is 0.139 e. The van der Waals surface area contributed by atoms with E-state index in [0.717, 1.165) is 34.0 Å². The van der Waals surface area contributed by atoms with Gasteiger partial charge < -0.3 is 5.32 Å². The third-order valence-electron chi connectivity index (χ3n) is 5.37. The number of hydrogen-bond acceptors (Lipinski definition) is 3. The highest BCUT2D eigenvalue weighted by atomic mass is 15.1. The van der Waals surface area contributed by atoms with E-state index >= 15 is 0 Å². The molecule has 0 amide bonds. The molecule has 1 aromatic carbocycles. The fraction of sp³-hybridized carbons (Fsp3) is 0.200. The Morgan fingerprint density at radius 2 is 1.72 bits per heavy atom. The molecule has 142 valence electrons. The van der Waals surface area contributed by atoms with Crippen molar-refractivity contribution < 1.29 is 0 Å². The molecule has 0 atom stereocenters. The number of anilines is 1. The van der Waals surface area contributed by atoms with E-state index in [-0.39, 0.29) is 0 Å². The van der Waals surface area contributed by atoms with Crippen molar-refractivity contribution in [3.63, 3.8) is 0 Å². The van der Waals surface area contributed by atoms with Gasteiger partial charge in [0, 0.05) is 29.6 Å². The third-order valence-corrected chi connectivity index (χ3v) is 5.37. The predicted molar refractivity (Wildman–Crippen MR) is 117 cm³/mol. The molecule has 29 heavy (non-hydrogen) atoms. The largest absolute Gasteiger partial charge is 0.367 e. The zero-order chi connectivity index (χ0) is 19.5. The second-order valence-electron chi connectivity index (χ2n) is 7.41. The monoisotopic (exact) mass is 378 g/mol. The third kappa shape index (κ3) is 3.72. The summed E-state index contributed by atoms with van der Waals surface area (Å²) in [5.74, 6) is 7.35. The smallest absolute Gasteiger partial charge is 0.139 e. The van der Waals surface area contributed by atoms with Gasteiger partial charge in [0.15, 0.2) is 0 Å². The van der Waals surface area contributed by atoms with Crippen LogP contribution in [0.25, 0.3) is 16.9 Å². The highest BCUT2D eigenvalue weighted by Crippen LogP contribution is 2.31. The number of fused-ring (bicyclic) bond motifs is 1. The maximum atomic E-state index is 4.87. The van der Waals surface area contributed by atoms with Gasteiger partial charge in [-0.2, -0.15) is 0 Å². The molecule has 0 saturated heterocycles. The van der Waals surface area contributed by atoms with Crippen LogP contribution in [0.15, 0.2) is 73.1 Å². The summed E-state index contributed by atoms with van der Waals surface area (Å²) in [6.45, 7) is 0. The van der Waals surface area contributed by atoms with Crippen LogP contribution in [0.3, 0.4) is 0 Å². The summed E-state index contributed by atoms with van der Waals surface area (Å²) in [7, 11) is 0. The first-order valence-corrected chi connectivity index (χ1v) is 10.1. The minimum absolute atomic E-state index is 0.512. The second-order valence-corrected chi connectivity index (χ2v) is 7.41. The van der Waals surface area contributed by atoms with Crippen LogP contribution < -0.4 is 5.32 Å². The molecule has 3 heterocycles. The Kier molecular flexibility index (Phi) is 4.72. The average Bonchev–Trinajstić information content (AvgIpc) is 3.42. The Morgan fingerprint density at radius 3 is 2.52 bits per heavy atom. The Balaban J connectivity index is 1.48. The number of imidazole rings is 1. The molecule has 0 unspecified atom stereocenters. The molecule has 4 heteroatoms. The van der Waals surface area contributed by atoms with E-state index in [1.54, 1.807) is 0 Å². The van der Waals surface area contributed by atoms with E-state index in [1.165, 1.54) is 25.7 Å². The Labute approximate surface area is 170 Å². The zero-order valence-electron chi connectivity index (χ0n) is 16.2. The first-order valence-electron chi connectivity index (χ1n) is 10.1. The Bertz CT molecular complexity index is 1170. The van der Waals surface area contributed by atoms with Crippen LogP contribution in [-0.2, 0) is 0 Å². The lowest BCUT2D eigenvalue weighted by atomic mass is 10.1. The van der Waals surface area contributed by atoms with Crippen molar-refractivity contribution in [1.29, 1.82) is 0 Å². The van der Waals surface area contributed by atoms with Gasteiger partial charge in [-0.3, -0.25) is 4.40 Å². The summed E-state index contributed by atoms with van der Waals surface area (Å²) in [5, 5.41) is 3.74.